The third-order valence-corrected chi connectivity index (χ3v) is 5.26. The first kappa shape index (κ1) is 22.0. The van der Waals surface area contributed by atoms with Gasteiger partial charge in [-0.25, -0.2) is 4.57 Å². The molecule has 152 valence electrons. The van der Waals surface area contributed by atoms with Crippen LogP contribution in [0, 0.1) is 10.1 Å². The monoisotopic (exact) mass is 412 g/mol. The predicted octanol–water partition coefficient (Wildman–Crippen LogP) is 3.75. The zero-order valence-corrected chi connectivity index (χ0v) is 16.0. The number of nitro groups is 1. The SMILES string of the molecule is COP(=O)(OCCc1ccc(N(O)O)cc1)OCCc1ccc([N+](=O)[O-])cc1. The summed E-state index contributed by atoms with van der Waals surface area (Å²) in [5.41, 5.74) is 1.82. The highest BCUT2D eigenvalue weighted by atomic mass is 31.2. The summed E-state index contributed by atoms with van der Waals surface area (Å²) in [5.74, 6) is 0. The second-order valence-electron chi connectivity index (χ2n) is 5.68. The minimum atomic E-state index is -3.72. The topological polar surface area (TPSA) is 132 Å². The Balaban J connectivity index is 1.78. The molecular weight excluding hydrogens is 391 g/mol. The molecule has 1 atom stereocenters. The largest absolute Gasteiger partial charge is 0.474 e. The number of rotatable bonds is 11. The van der Waals surface area contributed by atoms with Gasteiger partial charge in [0.2, 0.25) is 0 Å². The van der Waals surface area contributed by atoms with Crippen molar-refractivity contribution < 1.29 is 33.5 Å². The number of hydrogen-bond donors (Lipinski definition) is 2. The Hall–Kier alpha value is -2.33. The molecule has 0 saturated heterocycles. The molecule has 10 nitrogen and oxygen atoms in total. The van der Waals surface area contributed by atoms with E-state index >= 15 is 0 Å². The molecule has 1 unspecified atom stereocenters. The van der Waals surface area contributed by atoms with Crippen LogP contribution in [-0.4, -0.2) is 35.7 Å². The van der Waals surface area contributed by atoms with Crippen molar-refractivity contribution in [3.05, 3.63) is 69.8 Å². The molecule has 0 amide bonds. The first-order chi connectivity index (χ1) is 13.3. The van der Waals surface area contributed by atoms with Crippen molar-refractivity contribution in [1.82, 2.24) is 0 Å². The lowest BCUT2D eigenvalue weighted by Crippen LogP contribution is -2.10. The third-order valence-electron chi connectivity index (χ3n) is 3.82. The Kier molecular flexibility index (Phi) is 8.06. The molecule has 0 heterocycles. The van der Waals surface area contributed by atoms with E-state index < -0.39 is 12.7 Å². The lowest BCUT2D eigenvalue weighted by atomic mass is 10.1. The molecular formula is C17H21N2O8P. The van der Waals surface area contributed by atoms with E-state index in [0.29, 0.717) is 12.8 Å². The van der Waals surface area contributed by atoms with Crippen LogP contribution in [0.4, 0.5) is 11.4 Å². The second-order valence-corrected chi connectivity index (χ2v) is 7.45. The van der Waals surface area contributed by atoms with E-state index in [-0.39, 0.29) is 29.8 Å². The van der Waals surface area contributed by atoms with Crippen molar-refractivity contribution in [2.24, 2.45) is 0 Å². The Morgan fingerprint density at radius 3 is 1.82 bits per heavy atom. The number of hydrogen-bond acceptors (Lipinski definition) is 9. The van der Waals surface area contributed by atoms with E-state index in [9.17, 15) is 14.7 Å². The molecule has 0 radical (unpaired) electrons. The van der Waals surface area contributed by atoms with Gasteiger partial charge in [-0.1, -0.05) is 24.3 Å². The van der Waals surface area contributed by atoms with Crippen LogP contribution >= 0.6 is 7.82 Å². The van der Waals surface area contributed by atoms with Crippen molar-refractivity contribution >= 4 is 19.2 Å². The number of phosphoric acid groups is 1. The molecule has 28 heavy (non-hydrogen) atoms. The minimum Gasteiger partial charge on any atom is -0.290 e. The number of anilines is 1. The standard InChI is InChI=1S/C17H21N2O8P/c1-25-28(24,26-12-10-14-2-6-16(7-3-14)18(20)21)27-13-11-15-4-8-17(9-5-15)19(22)23/h2-9,20-21H,10-13H2,1H3. The van der Waals surface area contributed by atoms with Crippen molar-refractivity contribution in [3.63, 3.8) is 0 Å². The fraction of sp³-hybridized carbons (Fsp3) is 0.294. The number of phosphoric ester groups is 1. The van der Waals surface area contributed by atoms with Crippen molar-refractivity contribution in [2.75, 3.05) is 25.6 Å². The van der Waals surface area contributed by atoms with Gasteiger partial charge in [0, 0.05) is 19.2 Å². The lowest BCUT2D eigenvalue weighted by molar-refractivity contribution is -0.384. The molecule has 0 spiro atoms. The lowest BCUT2D eigenvalue weighted by Gasteiger charge is -2.16. The number of nitrogens with zero attached hydrogens (tertiary/aromatic N) is 2. The average molecular weight is 412 g/mol. The van der Waals surface area contributed by atoms with E-state index in [2.05, 4.69) is 0 Å². The van der Waals surface area contributed by atoms with Gasteiger partial charge in [0.05, 0.1) is 23.8 Å². The van der Waals surface area contributed by atoms with Gasteiger partial charge in [-0.3, -0.25) is 34.1 Å². The summed E-state index contributed by atoms with van der Waals surface area (Å²) in [4.78, 5) is 10.2. The highest BCUT2D eigenvalue weighted by molar-refractivity contribution is 7.48. The van der Waals surface area contributed by atoms with Crippen LogP contribution in [0.2, 0.25) is 0 Å². The molecule has 0 aliphatic carbocycles. The summed E-state index contributed by atoms with van der Waals surface area (Å²) < 4.78 is 27.8. The van der Waals surface area contributed by atoms with Crippen LogP contribution in [-0.2, 0) is 31.0 Å². The highest BCUT2D eigenvalue weighted by Gasteiger charge is 2.24. The molecule has 2 N–H and O–H groups in total. The maximum Gasteiger partial charge on any atom is 0.474 e. The molecule has 0 aromatic heterocycles. The van der Waals surface area contributed by atoms with Crippen LogP contribution in [0.5, 0.6) is 0 Å². The van der Waals surface area contributed by atoms with Crippen LogP contribution in [0.3, 0.4) is 0 Å². The van der Waals surface area contributed by atoms with Gasteiger partial charge in [-0.05, 0) is 36.1 Å². The van der Waals surface area contributed by atoms with Gasteiger partial charge in [0.25, 0.3) is 5.69 Å². The fourth-order valence-corrected chi connectivity index (χ4v) is 3.19. The third kappa shape index (κ3) is 6.68. The maximum atomic E-state index is 12.4. The van der Waals surface area contributed by atoms with Gasteiger partial charge in [0.1, 0.15) is 0 Å². The smallest absolute Gasteiger partial charge is 0.290 e. The Morgan fingerprint density at radius 2 is 1.43 bits per heavy atom. The van der Waals surface area contributed by atoms with Crippen molar-refractivity contribution in [3.8, 4) is 0 Å². The molecule has 2 aromatic carbocycles. The normalized spacial score (nSPS) is 13.1. The minimum absolute atomic E-state index is 0.00529. The van der Waals surface area contributed by atoms with Crippen LogP contribution < -0.4 is 5.23 Å². The van der Waals surface area contributed by atoms with Gasteiger partial charge >= 0.3 is 7.82 Å². The molecule has 0 bridgehead atoms. The van der Waals surface area contributed by atoms with E-state index in [1.807, 2.05) is 0 Å². The number of benzene rings is 2. The Labute approximate surface area is 161 Å². The van der Waals surface area contributed by atoms with Crippen molar-refractivity contribution in [2.45, 2.75) is 12.8 Å². The maximum absolute atomic E-state index is 12.4. The molecule has 0 saturated carbocycles. The van der Waals surface area contributed by atoms with Crippen LogP contribution in [0.15, 0.2) is 48.5 Å². The van der Waals surface area contributed by atoms with E-state index in [0.717, 1.165) is 11.1 Å². The second kappa shape index (κ2) is 10.3. The van der Waals surface area contributed by atoms with Gasteiger partial charge in [0.15, 0.2) is 0 Å². The van der Waals surface area contributed by atoms with E-state index in [4.69, 9.17) is 24.0 Å². The zero-order chi connectivity index (χ0) is 20.6. The summed E-state index contributed by atoms with van der Waals surface area (Å²) in [5, 5.41) is 28.4. The highest BCUT2D eigenvalue weighted by Crippen LogP contribution is 2.48. The van der Waals surface area contributed by atoms with Gasteiger partial charge < -0.3 is 0 Å². The van der Waals surface area contributed by atoms with E-state index in [1.165, 1.54) is 31.4 Å². The summed E-state index contributed by atoms with van der Waals surface area (Å²) in [6.45, 7) is 0.129. The molecule has 2 rings (SSSR count). The number of non-ortho nitro benzene ring substituents is 1. The Bertz CT molecular complexity index is 811. The van der Waals surface area contributed by atoms with Gasteiger partial charge in [-0.2, -0.15) is 0 Å². The Morgan fingerprint density at radius 1 is 0.964 bits per heavy atom. The quantitative estimate of drug-likeness (QED) is 0.322. The van der Waals surface area contributed by atoms with Crippen LogP contribution in [0.25, 0.3) is 0 Å². The molecule has 0 aliphatic heterocycles. The van der Waals surface area contributed by atoms with E-state index in [1.54, 1.807) is 24.3 Å². The molecule has 0 aliphatic rings. The molecule has 0 fully saturated rings. The zero-order valence-electron chi connectivity index (χ0n) is 15.1. The van der Waals surface area contributed by atoms with Crippen molar-refractivity contribution in [1.29, 1.82) is 0 Å². The first-order valence-electron chi connectivity index (χ1n) is 8.28. The number of nitro benzene ring substituents is 1. The fourth-order valence-electron chi connectivity index (χ4n) is 2.27. The average Bonchev–Trinajstić information content (AvgIpc) is 2.69. The van der Waals surface area contributed by atoms with Crippen LogP contribution in [0.1, 0.15) is 11.1 Å². The molecule has 2 aromatic rings. The molecule has 11 heteroatoms. The first-order valence-corrected chi connectivity index (χ1v) is 9.74. The van der Waals surface area contributed by atoms with Gasteiger partial charge in [-0.15, -0.1) is 5.23 Å². The summed E-state index contributed by atoms with van der Waals surface area (Å²) in [7, 11) is -2.50. The summed E-state index contributed by atoms with van der Waals surface area (Å²) >= 11 is 0. The predicted molar refractivity (Wildman–Crippen MR) is 99.5 cm³/mol. The summed E-state index contributed by atoms with van der Waals surface area (Å²) in [6, 6.07) is 12.3. The summed E-state index contributed by atoms with van der Waals surface area (Å²) in [6.07, 6.45) is 0.797.